The Bertz CT molecular complexity index is 1250. The first-order valence-electron chi connectivity index (χ1n) is 8.78. The summed E-state index contributed by atoms with van der Waals surface area (Å²) in [5.74, 6) is 0.0330. The third-order valence-corrected chi connectivity index (χ3v) is 4.75. The lowest BCUT2D eigenvalue weighted by atomic mass is 10.2. The van der Waals surface area contributed by atoms with Crippen LogP contribution in [0.4, 0.5) is 18.9 Å². The van der Waals surface area contributed by atoms with Gasteiger partial charge in [0, 0.05) is 17.8 Å². The third-order valence-electron chi connectivity index (χ3n) is 4.43. The minimum absolute atomic E-state index is 0.00136. The number of hydrogen-bond acceptors (Lipinski definition) is 4. The standard InChI is InChI=1S/C20H14ClF3N4O2/c1-11-26-27-19(30-11)17-8-12-4-2-3-5-16(12)28(17)10-18(29)25-15-9-13(20(22,23)24)6-7-14(15)21/h2-9H,10H2,1H3,(H,25,29). The predicted octanol–water partition coefficient (Wildman–Crippen LogP) is 5.31. The third kappa shape index (κ3) is 3.88. The number of benzene rings is 2. The number of nitrogens with one attached hydrogen (secondary N) is 1. The molecule has 0 radical (unpaired) electrons. The fraction of sp³-hybridized carbons (Fsp3) is 0.150. The Hall–Kier alpha value is -3.33. The monoisotopic (exact) mass is 434 g/mol. The van der Waals surface area contributed by atoms with E-state index in [0.717, 1.165) is 29.1 Å². The molecule has 0 bridgehead atoms. The van der Waals surface area contributed by atoms with E-state index in [4.69, 9.17) is 16.0 Å². The average molecular weight is 435 g/mol. The Morgan fingerprint density at radius 3 is 2.63 bits per heavy atom. The van der Waals surface area contributed by atoms with Gasteiger partial charge in [-0.15, -0.1) is 10.2 Å². The number of carbonyl (C=O) groups excluding carboxylic acids is 1. The lowest BCUT2D eigenvalue weighted by Crippen LogP contribution is -2.20. The zero-order valence-corrected chi connectivity index (χ0v) is 16.3. The molecule has 1 amide bonds. The van der Waals surface area contributed by atoms with Gasteiger partial charge in [-0.1, -0.05) is 29.8 Å². The molecule has 0 aliphatic carbocycles. The van der Waals surface area contributed by atoms with Crippen LogP contribution in [0.2, 0.25) is 5.02 Å². The van der Waals surface area contributed by atoms with Crippen molar-refractivity contribution in [1.82, 2.24) is 14.8 Å². The Labute approximate surface area is 173 Å². The molecule has 30 heavy (non-hydrogen) atoms. The summed E-state index contributed by atoms with van der Waals surface area (Å²) in [4.78, 5) is 12.7. The SMILES string of the molecule is Cc1nnc(-c2cc3ccccc3n2CC(=O)Nc2cc(C(F)(F)F)ccc2Cl)o1. The van der Waals surface area contributed by atoms with Gasteiger partial charge in [-0.2, -0.15) is 13.2 Å². The van der Waals surface area contributed by atoms with Crippen molar-refractivity contribution in [2.24, 2.45) is 0 Å². The summed E-state index contributed by atoms with van der Waals surface area (Å²) >= 11 is 5.98. The van der Waals surface area contributed by atoms with Crippen LogP contribution < -0.4 is 5.32 Å². The maximum Gasteiger partial charge on any atom is 0.416 e. The smallest absolute Gasteiger partial charge is 0.416 e. The number of amides is 1. The number of nitrogens with zero attached hydrogens (tertiary/aromatic N) is 3. The minimum atomic E-state index is -4.55. The van der Waals surface area contributed by atoms with Crippen molar-refractivity contribution < 1.29 is 22.4 Å². The van der Waals surface area contributed by atoms with E-state index in [2.05, 4.69) is 15.5 Å². The number of anilines is 1. The minimum Gasteiger partial charge on any atom is -0.420 e. The Kier molecular flexibility index (Phi) is 4.98. The molecule has 2 heterocycles. The van der Waals surface area contributed by atoms with E-state index in [-0.39, 0.29) is 23.1 Å². The predicted molar refractivity (Wildman–Crippen MR) is 105 cm³/mol. The molecular weight excluding hydrogens is 421 g/mol. The number of aromatic nitrogens is 3. The van der Waals surface area contributed by atoms with Crippen LogP contribution in [-0.2, 0) is 17.5 Å². The van der Waals surface area contributed by atoms with Gasteiger partial charge in [0.25, 0.3) is 5.89 Å². The lowest BCUT2D eigenvalue weighted by Gasteiger charge is -2.13. The highest BCUT2D eigenvalue weighted by Crippen LogP contribution is 2.34. The van der Waals surface area contributed by atoms with Gasteiger partial charge in [-0.25, -0.2) is 0 Å². The number of hydrogen-bond donors (Lipinski definition) is 1. The second kappa shape index (κ2) is 7.49. The highest BCUT2D eigenvalue weighted by molar-refractivity contribution is 6.33. The van der Waals surface area contributed by atoms with Crippen LogP contribution in [-0.4, -0.2) is 20.7 Å². The largest absolute Gasteiger partial charge is 0.420 e. The van der Waals surface area contributed by atoms with E-state index in [9.17, 15) is 18.0 Å². The quantitative estimate of drug-likeness (QED) is 0.472. The number of aryl methyl sites for hydroxylation is 1. The van der Waals surface area contributed by atoms with E-state index in [1.54, 1.807) is 17.6 Å². The Morgan fingerprint density at radius 1 is 1.17 bits per heavy atom. The van der Waals surface area contributed by atoms with Crippen molar-refractivity contribution in [1.29, 1.82) is 0 Å². The molecule has 10 heteroatoms. The molecule has 154 valence electrons. The molecule has 0 aliphatic heterocycles. The van der Waals surface area contributed by atoms with Crippen molar-refractivity contribution in [2.75, 3.05) is 5.32 Å². The zero-order valence-electron chi connectivity index (χ0n) is 15.5. The molecule has 0 spiro atoms. The maximum absolute atomic E-state index is 13.0. The van der Waals surface area contributed by atoms with Gasteiger partial charge >= 0.3 is 6.18 Å². The average Bonchev–Trinajstić information content (AvgIpc) is 3.26. The van der Waals surface area contributed by atoms with Crippen LogP contribution in [0.1, 0.15) is 11.5 Å². The summed E-state index contributed by atoms with van der Waals surface area (Å²) in [5, 5.41) is 11.1. The van der Waals surface area contributed by atoms with Crippen molar-refractivity contribution in [3.63, 3.8) is 0 Å². The molecule has 4 rings (SSSR count). The Balaban J connectivity index is 1.67. The molecule has 6 nitrogen and oxygen atoms in total. The molecule has 0 atom stereocenters. The summed E-state index contributed by atoms with van der Waals surface area (Å²) in [6, 6.07) is 11.9. The molecule has 4 aromatic rings. The summed E-state index contributed by atoms with van der Waals surface area (Å²) in [6.45, 7) is 1.45. The lowest BCUT2D eigenvalue weighted by molar-refractivity contribution is -0.137. The van der Waals surface area contributed by atoms with E-state index in [0.29, 0.717) is 11.6 Å². The molecule has 0 aliphatic rings. The Morgan fingerprint density at radius 2 is 1.93 bits per heavy atom. The molecule has 0 unspecified atom stereocenters. The molecule has 0 fully saturated rings. The first-order chi connectivity index (χ1) is 14.2. The normalized spacial score (nSPS) is 11.8. The number of para-hydroxylation sites is 1. The first-order valence-corrected chi connectivity index (χ1v) is 9.15. The molecule has 0 saturated carbocycles. The van der Waals surface area contributed by atoms with Gasteiger partial charge in [0.1, 0.15) is 12.2 Å². The van der Waals surface area contributed by atoms with Gasteiger partial charge in [-0.3, -0.25) is 4.79 Å². The van der Waals surface area contributed by atoms with E-state index < -0.39 is 17.6 Å². The number of halogens is 4. The fourth-order valence-corrected chi connectivity index (χ4v) is 3.25. The van der Waals surface area contributed by atoms with Crippen LogP contribution in [0, 0.1) is 6.92 Å². The number of fused-ring (bicyclic) bond motifs is 1. The van der Waals surface area contributed by atoms with Gasteiger partial charge < -0.3 is 14.3 Å². The summed E-state index contributed by atoms with van der Waals surface area (Å²) in [6.07, 6.45) is -4.55. The van der Waals surface area contributed by atoms with Gasteiger partial charge in [0.2, 0.25) is 11.8 Å². The summed E-state index contributed by atoms with van der Waals surface area (Å²) in [5.41, 5.74) is 0.217. The van der Waals surface area contributed by atoms with Crippen molar-refractivity contribution in [3.05, 3.63) is 65.0 Å². The van der Waals surface area contributed by atoms with Crippen LogP contribution in [0.25, 0.3) is 22.5 Å². The van der Waals surface area contributed by atoms with Crippen molar-refractivity contribution in [2.45, 2.75) is 19.6 Å². The number of rotatable bonds is 4. The molecule has 2 aromatic carbocycles. The molecule has 2 aromatic heterocycles. The van der Waals surface area contributed by atoms with Gasteiger partial charge in [0.15, 0.2) is 0 Å². The number of carbonyl (C=O) groups is 1. The summed E-state index contributed by atoms with van der Waals surface area (Å²) in [7, 11) is 0. The van der Waals surface area contributed by atoms with Gasteiger partial charge in [-0.05, 0) is 30.3 Å². The van der Waals surface area contributed by atoms with Crippen molar-refractivity contribution >= 4 is 34.1 Å². The highest BCUT2D eigenvalue weighted by Gasteiger charge is 2.31. The highest BCUT2D eigenvalue weighted by atomic mass is 35.5. The van der Waals surface area contributed by atoms with E-state index in [1.165, 1.54) is 0 Å². The molecule has 1 N–H and O–H groups in total. The summed E-state index contributed by atoms with van der Waals surface area (Å²) < 4.78 is 46.1. The molecule has 0 saturated heterocycles. The second-order valence-electron chi connectivity index (χ2n) is 6.54. The fourth-order valence-electron chi connectivity index (χ4n) is 3.09. The van der Waals surface area contributed by atoms with Crippen LogP contribution >= 0.6 is 11.6 Å². The zero-order chi connectivity index (χ0) is 21.5. The second-order valence-corrected chi connectivity index (χ2v) is 6.95. The number of alkyl halides is 3. The molecular formula is C20H14ClF3N4O2. The van der Waals surface area contributed by atoms with Crippen LogP contribution in [0.3, 0.4) is 0 Å². The topological polar surface area (TPSA) is 73.0 Å². The first kappa shape index (κ1) is 20.0. The van der Waals surface area contributed by atoms with Crippen LogP contribution in [0.5, 0.6) is 0 Å². The van der Waals surface area contributed by atoms with E-state index in [1.807, 2.05) is 24.3 Å². The van der Waals surface area contributed by atoms with Crippen LogP contribution in [0.15, 0.2) is 52.9 Å². The van der Waals surface area contributed by atoms with Crippen molar-refractivity contribution in [3.8, 4) is 11.6 Å². The maximum atomic E-state index is 13.0. The van der Waals surface area contributed by atoms with Gasteiger partial charge in [0.05, 0.1) is 16.3 Å². The van der Waals surface area contributed by atoms with E-state index >= 15 is 0 Å².